The molecule has 0 aliphatic heterocycles. The molecule has 1 heterocycles. The second-order valence-electron chi connectivity index (χ2n) is 7.82. The SMILES string of the molecule is Cc1cc2ccc(OCc3ccc(CN(C)Cc4cccc(Cl)c4)cc3)cc2oc1=O. The first kappa shape index (κ1) is 21.2. The number of ether oxygens (including phenoxy) is 1. The van der Waals surface area contributed by atoms with Gasteiger partial charge in [0.1, 0.15) is 17.9 Å². The molecule has 4 aromatic rings. The Balaban J connectivity index is 1.34. The third kappa shape index (κ3) is 5.54. The van der Waals surface area contributed by atoms with E-state index in [1.807, 2.05) is 36.4 Å². The number of hydrogen-bond acceptors (Lipinski definition) is 4. The zero-order valence-corrected chi connectivity index (χ0v) is 18.4. The van der Waals surface area contributed by atoms with E-state index in [1.165, 1.54) is 11.1 Å². The lowest BCUT2D eigenvalue weighted by molar-refractivity contribution is 0.305. The predicted octanol–water partition coefficient (Wildman–Crippen LogP) is 5.97. The van der Waals surface area contributed by atoms with Crippen molar-refractivity contribution < 1.29 is 9.15 Å². The minimum absolute atomic E-state index is 0.319. The van der Waals surface area contributed by atoms with Gasteiger partial charge in [-0.25, -0.2) is 4.79 Å². The Morgan fingerprint density at radius 3 is 2.42 bits per heavy atom. The largest absolute Gasteiger partial charge is 0.489 e. The minimum Gasteiger partial charge on any atom is -0.489 e. The molecule has 3 aromatic carbocycles. The summed E-state index contributed by atoms with van der Waals surface area (Å²) in [7, 11) is 2.09. The van der Waals surface area contributed by atoms with Gasteiger partial charge in [0.05, 0.1) is 0 Å². The Kier molecular flexibility index (Phi) is 6.40. The molecule has 0 atom stereocenters. The molecule has 158 valence electrons. The first-order chi connectivity index (χ1) is 15.0. The number of fused-ring (bicyclic) bond motifs is 1. The monoisotopic (exact) mass is 433 g/mol. The zero-order valence-electron chi connectivity index (χ0n) is 17.6. The number of aryl methyl sites for hydroxylation is 1. The van der Waals surface area contributed by atoms with Crippen LogP contribution in [0, 0.1) is 6.92 Å². The highest BCUT2D eigenvalue weighted by atomic mass is 35.5. The number of rotatable bonds is 7. The van der Waals surface area contributed by atoms with Crippen molar-refractivity contribution in [3.8, 4) is 5.75 Å². The molecular formula is C26H24ClNO3. The zero-order chi connectivity index (χ0) is 21.8. The first-order valence-corrected chi connectivity index (χ1v) is 10.5. The van der Waals surface area contributed by atoms with Gasteiger partial charge >= 0.3 is 5.63 Å². The van der Waals surface area contributed by atoms with Gasteiger partial charge in [-0.15, -0.1) is 0 Å². The lowest BCUT2D eigenvalue weighted by Gasteiger charge is -2.17. The smallest absolute Gasteiger partial charge is 0.339 e. The summed E-state index contributed by atoms with van der Waals surface area (Å²) < 4.78 is 11.2. The Labute approximate surface area is 186 Å². The molecule has 0 aliphatic rings. The summed E-state index contributed by atoms with van der Waals surface area (Å²) in [6.07, 6.45) is 0. The molecule has 0 fully saturated rings. The molecule has 0 saturated heterocycles. The van der Waals surface area contributed by atoms with E-state index in [0.717, 1.165) is 29.1 Å². The molecule has 0 bridgehead atoms. The maximum Gasteiger partial charge on any atom is 0.339 e. The minimum atomic E-state index is -0.319. The Bertz CT molecular complexity index is 1250. The van der Waals surface area contributed by atoms with Crippen molar-refractivity contribution in [2.45, 2.75) is 26.6 Å². The molecule has 0 aliphatic carbocycles. The van der Waals surface area contributed by atoms with Crippen LogP contribution in [0.2, 0.25) is 5.02 Å². The normalized spacial score (nSPS) is 11.2. The van der Waals surface area contributed by atoms with Crippen molar-refractivity contribution >= 4 is 22.6 Å². The van der Waals surface area contributed by atoms with Crippen LogP contribution >= 0.6 is 11.6 Å². The third-order valence-electron chi connectivity index (χ3n) is 5.10. The van der Waals surface area contributed by atoms with Gasteiger partial charge in [0.25, 0.3) is 0 Å². The molecule has 4 nitrogen and oxygen atoms in total. The highest BCUT2D eigenvalue weighted by molar-refractivity contribution is 6.30. The van der Waals surface area contributed by atoms with Crippen LogP contribution < -0.4 is 10.4 Å². The van der Waals surface area contributed by atoms with Crippen molar-refractivity contribution in [1.29, 1.82) is 0 Å². The van der Waals surface area contributed by atoms with Gasteiger partial charge in [0.2, 0.25) is 0 Å². The molecule has 31 heavy (non-hydrogen) atoms. The summed E-state index contributed by atoms with van der Waals surface area (Å²) in [6, 6.07) is 23.7. The van der Waals surface area contributed by atoms with E-state index in [9.17, 15) is 4.79 Å². The van der Waals surface area contributed by atoms with Crippen LogP contribution in [0.25, 0.3) is 11.0 Å². The predicted molar refractivity (Wildman–Crippen MR) is 125 cm³/mol. The molecule has 1 aromatic heterocycles. The van der Waals surface area contributed by atoms with Gasteiger partial charge in [-0.05, 0) is 61.0 Å². The second-order valence-corrected chi connectivity index (χ2v) is 8.26. The maximum atomic E-state index is 11.7. The Hall–Kier alpha value is -3.08. The van der Waals surface area contributed by atoms with Gasteiger partial charge in [-0.3, -0.25) is 4.90 Å². The van der Waals surface area contributed by atoms with E-state index in [4.69, 9.17) is 20.8 Å². The summed E-state index contributed by atoms with van der Waals surface area (Å²) in [5.41, 5.74) is 4.32. The average Bonchev–Trinajstić information content (AvgIpc) is 2.74. The van der Waals surface area contributed by atoms with Crippen LogP contribution in [0.15, 0.2) is 82.0 Å². The van der Waals surface area contributed by atoms with E-state index in [1.54, 1.807) is 13.0 Å². The fourth-order valence-corrected chi connectivity index (χ4v) is 3.72. The average molecular weight is 434 g/mol. The van der Waals surface area contributed by atoms with Crippen LogP contribution in [-0.2, 0) is 19.7 Å². The van der Waals surface area contributed by atoms with Crippen LogP contribution in [-0.4, -0.2) is 11.9 Å². The van der Waals surface area contributed by atoms with Crippen LogP contribution in [0.3, 0.4) is 0 Å². The van der Waals surface area contributed by atoms with Gasteiger partial charge in [-0.1, -0.05) is 48.0 Å². The van der Waals surface area contributed by atoms with E-state index in [2.05, 4.69) is 42.3 Å². The molecule has 0 spiro atoms. The lowest BCUT2D eigenvalue weighted by atomic mass is 10.1. The number of benzene rings is 3. The van der Waals surface area contributed by atoms with Gasteiger partial charge in [0, 0.05) is 35.1 Å². The number of halogens is 1. The van der Waals surface area contributed by atoms with Gasteiger partial charge in [0.15, 0.2) is 0 Å². The van der Waals surface area contributed by atoms with Crippen molar-refractivity contribution in [3.63, 3.8) is 0 Å². The summed E-state index contributed by atoms with van der Waals surface area (Å²) in [4.78, 5) is 14.0. The Morgan fingerprint density at radius 2 is 1.65 bits per heavy atom. The highest BCUT2D eigenvalue weighted by Gasteiger charge is 2.05. The van der Waals surface area contributed by atoms with Crippen LogP contribution in [0.1, 0.15) is 22.3 Å². The maximum absolute atomic E-state index is 11.7. The van der Waals surface area contributed by atoms with E-state index < -0.39 is 0 Å². The van der Waals surface area contributed by atoms with E-state index >= 15 is 0 Å². The van der Waals surface area contributed by atoms with E-state index in [0.29, 0.717) is 23.5 Å². The lowest BCUT2D eigenvalue weighted by Crippen LogP contribution is -2.17. The van der Waals surface area contributed by atoms with Gasteiger partial charge in [-0.2, -0.15) is 0 Å². The van der Waals surface area contributed by atoms with E-state index in [-0.39, 0.29) is 5.63 Å². The molecule has 4 rings (SSSR count). The fourth-order valence-electron chi connectivity index (χ4n) is 3.51. The Morgan fingerprint density at radius 1 is 0.903 bits per heavy atom. The van der Waals surface area contributed by atoms with Crippen molar-refractivity contribution in [2.75, 3.05) is 7.05 Å². The summed E-state index contributed by atoms with van der Waals surface area (Å²) in [5, 5.41) is 1.65. The summed E-state index contributed by atoms with van der Waals surface area (Å²) in [6.45, 7) is 3.87. The van der Waals surface area contributed by atoms with Gasteiger partial charge < -0.3 is 9.15 Å². The molecular weight excluding hydrogens is 410 g/mol. The quantitative estimate of drug-likeness (QED) is 0.337. The first-order valence-electron chi connectivity index (χ1n) is 10.1. The third-order valence-corrected chi connectivity index (χ3v) is 5.34. The van der Waals surface area contributed by atoms with Crippen molar-refractivity contribution in [1.82, 2.24) is 4.90 Å². The number of nitrogens with zero attached hydrogens (tertiary/aromatic N) is 1. The van der Waals surface area contributed by atoms with Crippen molar-refractivity contribution in [3.05, 3.63) is 110 Å². The highest BCUT2D eigenvalue weighted by Crippen LogP contribution is 2.21. The topological polar surface area (TPSA) is 42.7 Å². The standard InChI is InChI=1S/C26H24ClNO3/c1-18-12-22-10-11-24(14-25(22)31-26(18)29)30-17-20-8-6-19(7-9-20)15-28(2)16-21-4-3-5-23(27)13-21/h3-14H,15-17H2,1-2H3. The summed E-state index contributed by atoms with van der Waals surface area (Å²) in [5.74, 6) is 0.671. The molecule has 0 radical (unpaired) electrons. The second kappa shape index (κ2) is 9.38. The number of hydrogen-bond donors (Lipinski definition) is 0. The van der Waals surface area contributed by atoms with Crippen LogP contribution in [0.4, 0.5) is 0 Å². The molecule has 0 N–H and O–H groups in total. The molecule has 5 heteroatoms. The van der Waals surface area contributed by atoms with Crippen molar-refractivity contribution in [2.24, 2.45) is 0 Å². The molecule has 0 amide bonds. The summed E-state index contributed by atoms with van der Waals surface area (Å²) >= 11 is 6.07. The van der Waals surface area contributed by atoms with Crippen LogP contribution in [0.5, 0.6) is 5.75 Å². The fraction of sp³-hybridized carbons (Fsp3) is 0.192. The molecule has 0 unspecified atom stereocenters. The molecule has 0 saturated carbocycles.